The van der Waals surface area contributed by atoms with Gasteiger partial charge in [0.15, 0.2) is 14.7 Å². The standard InChI is InChI=1S/C27H26O3S3/c28-32-17-24(19-8-10-27-21(12-19)5-3-11-33(27,29)30)15-22-13-18(7-9-26(22)32)23-14-20-4-1-2-6-25(20)31-16-23/h1-2,4,6-10,12-13,23-24H,3,5,11,14-17H2. The van der Waals surface area contributed by atoms with Gasteiger partial charge in [0.2, 0.25) is 0 Å². The number of rotatable bonds is 2. The molecule has 3 aliphatic heterocycles. The maximum absolute atomic E-state index is 13.1. The summed E-state index contributed by atoms with van der Waals surface area (Å²) in [5, 5.41) is 0. The highest BCUT2D eigenvalue weighted by atomic mass is 32.2. The fourth-order valence-corrected chi connectivity index (χ4v) is 9.80. The van der Waals surface area contributed by atoms with Gasteiger partial charge in [0, 0.05) is 22.1 Å². The van der Waals surface area contributed by atoms with E-state index in [1.54, 1.807) is 6.07 Å². The molecule has 0 radical (unpaired) electrons. The van der Waals surface area contributed by atoms with Gasteiger partial charge in [0.25, 0.3) is 0 Å². The lowest BCUT2D eigenvalue weighted by Crippen LogP contribution is -2.25. The molecule has 0 N–H and O–H groups in total. The van der Waals surface area contributed by atoms with Crippen molar-refractivity contribution in [3.63, 3.8) is 0 Å². The van der Waals surface area contributed by atoms with Gasteiger partial charge in [-0.15, -0.1) is 11.8 Å². The van der Waals surface area contributed by atoms with Crippen LogP contribution in [-0.4, -0.2) is 30.2 Å². The van der Waals surface area contributed by atoms with Gasteiger partial charge in [0.05, 0.1) is 10.6 Å². The van der Waals surface area contributed by atoms with Gasteiger partial charge in [-0.05, 0) is 83.2 Å². The molecule has 0 saturated heterocycles. The molecule has 6 heteroatoms. The van der Waals surface area contributed by atoms with Crippen molar-refractivity contribution in [2.45, 2.75) is 52.2 Å². The van der Waals surface area contributed by atoms with Gasteiger partial charge >= 0.3 is 0 Å². The molecular weight excluding hydrogens is 468 g/mol. The number of hydrogen-bond acceptors (Lipinski definition) is 4. The van der Waals surface area contributed by atoms with Gasteiger partial charge < -0.3 is 4.55 Å². The van der Waals surface area contributed by atoms with Crippen molar-refractivity contribution in [3.05, 3.63) is 88.5 Å². The highest BCUT2D eigenvalue weighted by molar-refractivity contribution is 7.99. The Morgan fingerprint density at radius 3 is 2.55 bits per heavy atom. The lowest BCUT2D eigenvalue weighted by Gasteiger charge is -2.29. The predicted molar refractivity (Wildman–Crippen MR) is 135 cm³/mol. The van der Waals surface area contributed by atoms with Gasteiger partial charge in [-0.25, -0.2) is 8.42 Å². The molecular formula is C27H26O3S3. The van der Waals surface area contributed by atoms with E-state index >= 15 is 0 Å². The maximum atomic E-state index is 13.1. The van der Waals surface area contributed by atoms with E-state index in [0.29, 0.717) is 23.0 Å². The van der Waals surface area contributed by atoms with Crippen LogP contribution in [0.3, 0.4) is 0 Å². The first-order valence-corrected chi connectivity index (χ1v) is 15.5. The molecule has 6 rings (SSSR count). The van der Waals surface area contributed by atoms with Crippen molar-refractivity contribution in [3.8, 4) is 0 Å². The fraction of sp³-hybridized carbons (Fsp3) is 0.333. The summed E-state index contributed by atoms with van der Waals surface area (Å²) >= 11 is 0.895. The monoisotopic (exact) mass is 494 g/mol. The number of hydrogen-bond donors (Lipinski definition) is 0. The first-order valence-electron chi connectivity index (χ1n) is 11.6. The van der Waals surface area contributed by atoms with E-state index in [4.69, 9.17) is 0 Å². The molecule has 3 atom stereocenters. The number of fused-ring (bicyclic) bond motifs is 3. The molecule has 3 aromatic carbocycles. The van der Waals surface area contributed by atoms with Gasteiger partial charge in [-0.1, -0.05) is 42.5 Å². The molecule has 0 bridgehead atoms. The quantitative estimate of drug-likeness (QED) is 0.455. The SMILES string of the molecule is O=S1(=O)CCCc2cc(C3Cc4cc(C5CSc6ccccc6C5)ccc4[S+]([O-])C3)ccc21. The summed E-state index contributed by atoms with van der Waals surface area (Å²) in [4.78, 5) is 2.86. The first kappa shape index (κ1) is 21.8. The predicted octanol–water partition coefficient (Wildman–Crippen LogP) is 5.29. The molecule has 3 unspecified atom stereocenters. The van der Waals surface area contributed by atoms with Crippen molar-refractivity contribution in [2.24, 2.45) is 0 Å². The van der Waals surface area contributed by atoms with Crippen molar-refractivity contribution >= 4 is 32.8 Å². The number of thioether (sulfide) groups is 1. The summed E-state index contributed by atoms with van der Waals surface area (Å²) in [7, 11) is -3.15. The maximum Gasteiger partial charge on any atom is 0.178 e. The topological polar surface area (TPSA) is 57.2 Å². The Morgan fingerprint density at radius 1 is 0.879 bits per heavy atom. The average molecular weight is 495 g/mol. The Morgan fingerprint density at radius 2 is 1.64 bits per heavy atom. The molecule has 3 nitrogen and oxygen atoms in total. The van der Waals surface area contributed by atoms with Crippen LogP contribution >= 0.6 is 11.8 Å². The minimum Gasteiger partial charge on any atom is -0.611 e. The summed E-state index contributed by atoms with van der Waals surface area (Å²) in [5.41, 5.74) is 6.00. The van der Waals surface area contributed by atoms with Crippen LogP contribution in [0.15, 0.2) is 75.4 Å². The van der Waals surface area contributed by atoms with Crippen molar-refractivity contribution in [1.82, 2.24) is 0 Å². The summed E-state index contributed by atoms with van der Waals surface area (Å²) in [5.74, 6) is 2.54. The third kappa shape index (κ3) is 4.05. The molecule has 170 valence electrons. The zero-order chi connectivity index (χ0) is 22.6. The molecule has 3 heterocycles. The molecule has 0 fully saturated rings. The third-order valence-corrected chi connectivity index (χ3v) is 12.0. The summed E-state index contributed by atoms with van der Waals surface area (Å²) < 4.78 is 37.9. The van der Waals surface area contributed by atoms with Crippen molar-refractivity contribution in [1.29, 1.82) is 0 Å². The summed E-state index contributed by atoms with van der Waals surface area (Å²) in [6, 6.07) is 21.0. The van der Waals surface area contributed by atoms with E-state index in [9.17, 15) is 13.0 Å². The molecule has 0 amide bonds. The number of aryl methyl sites for hydroxylation is 1. The van der Waals surface area contributed by atoms with E-state index in [1.165, 1.54) is 21.6 Å². The highest BCUT2D eigenvalue weighted by Gasteiger charge is 2.33. The lowest BCUT2D eigenvalue weighted by atomic mass is 9.88. The van der Waals surface area contributed by atoms with E-state index in [1.807, 2.05) is 17.8 Å². The van der Waals surface area contributed by atoms with E-state index in [-0.39, 0.29) is 11.7 Å². The molecule has 0 aromatic heterocycles. The van der Waals surface area contributed by atoms with Crippen molar-refractivity contribution < 1.29 is 13.0 Å². The minimum absolute atomic E-state index is 0.157. The normalized spacial score (nSPS) is 25.5. The molecule has 3 aromatic rings. The minimum atomic E-state index is -3.15. The van der Waals surface area contributed by atoms with Crippen LogP contribution in [0.25, 0.3) is 0 Å². The zero-order valence-corrected chi connectivity index (χ0v) is 20.8. The molecule has 0 saturated carbocycles. The van der Waals surface area contributed by atoms with Gasteiger partial charge in [0.1, 0.15) is 5.75 Å². The largest absolute Gasteiger partial charge is 0.611 e. The van der Waals surface area contributed by atoms with E-state index < -0.39 is 21.0 Å². The third-order valence-electron chi connectivity index (χ3n) is 7.25. The summed E-state index contributed by atoms with van der Waals surface area (Å²) in [6.45, 7) is 0. The number of benzene rings is 3. The van der Waals surface area contributed by atoms with Crippen LogP contribution in [0, 0.1) is 0 Å². The second-order valence-electron chi connectivity index (χ2n) is 9.39. The Balaban J connectivity index is 1.29. The van der Waals surface area contributed by atoms with Gasteiger partial charge in [-0.2, -0.15) is 0 Å². The van der Waals surface area contributed by atoms with Crippen LogP contribution in [0.4, 0.5) is 0 Å². The zero-order valence-electron chi connectivity index (χ0n) is 18.3. The Kier molecular flexibility index (Phi) is 5.60. The fourth-order valence-electron chi connectivity index (χ4n) is 5.50. The Bertz CT molecular complexity index is 1330. The number of sulfone groups is 1. The summed E-state index contributed by atoms with van der Waals surface area (Å²) in [6.07, 6.45) is 3.40. The van der Waals surface area contributed by atoms with Crippen LogP contribution in [0.1, 0.15) is 46.1 Å². The Labute approximate surface area is 203 Å². The van der Waals surface area contributed by atoms with Gasteiger partial charge in [-0.3, -0.25) is 0 Å². The lowest BCUT2D eigenvalue weighted by molar-refractivity contribution is 0.572. The van der Waals surface area contributed by atoms with Crippen LogP contribution < -0.4 is 0 Å². The molecule has 0 spiro atoms. The highest BCUT2D eigenvalue weighted by Crippen LogP contribution is 2.41. The molecule has 0 aliphatic carbocycles. The second-order valence-corrected chi connectivity index (χ2v) is 14.0. The molecule has 3 aliphatic rings. The van der Waals surface area contributed by atoms with E-state index in [0.717, 1.165) is 41.0 Å². The smallest absolute Gasteiger partial charge is 0.178 e. The van der Waals surface area contributed by atoms with Crippen LogP contribution in [0.5, 0.6) is 0 Å². The Hall–Kier alpha value is -1.73. The second kappa shape index (κ2) is 8.49. The molecule has 33 heavy (non-hydrogen) atoms. The van der Waals surface area contributed by atoms with Crippen LogP contribution in [0.2, 0.25) is 0 Å². The average Bonchev–Trinajstić information content (AvgIpc) is 2.83. The first-order chi connectivity index (χ1) is 16.0. The van der Waals surface area contributed by atoms with Crippen molar-refractivity contribution in [2.75, 3.05) is 17.3 Å². The van der Waals surface area contributed by atoms with E-state index in [2.05, 4.69) is 48.5 Å². The van der Waals surface area contributed by atoms with Crippen LogP contribution in [-0.2, 0) is 40.3 Å².